The first-order valence-corrected chi connectivity index (χ1v) is 11.8. The molecule has 19 heavy (non-hydrogen) atoms. The summed E-state index contributed by atoms with van der Waals surface area (Å²) in [5.41, 5.74) is 0.769. The topological polar surface area (TPSA) is 3.24 Å². The van der Waals surface area contributed by atoms with Gasteiger partial charge in [-0.05, 0) is 24.4 Å². The fraction of sp³-hybridized carbons (Fsp3) is 0.857. The molecule has 5 heteroatoms. The number of rotatable bonds is 2. The van der Waals surface area contributed by atoms with Crippen LogP contribution in [0.5, 0.6) is 0 Å². The van der Waals surface area contributed by atoms with Gasteiger partial charge < -0.3 is 4.90 Å². The van der Waals surface area contributed by atoms with Crippen LogP contribution in [0, 0.1) is 0 Å². The maximum atomic E-state index is 4.81. The van der Waals surface area contributed by atoms with E-state index in [2.05, 4.69) is 72.7 Å². The Hall–Kier alpha value is 1.37. The summed E-state index contributed by atoms with van der Waals surface area (Å²) in [5.74, 6) is 0. The second-order valence-corrected chi connectivity index (χ2v) is 13.5. The minimum absolute atomic E-state index is 0.0175. The van der Waals surface area contributed by atoms with Crippen LogP contribution in [-0.4, -0.2) is 41.0 Å². The molecule has 1 nitrogen and oxygen atoms in total. The van der Waals surface area contributed by atoms with Gasteiger partial charge in [-0.15, -0.1) is 0 Å². The molecule has 0 amide bonds. The molecule has 0 N–H and O–H groups in total. The summed E-state index contributed by atoms with van der Waals surface area (Å²) < 4.78 is 0. The van der Waals surface area contributed by atoms with Crippen LogP contribution < -0.4 is 0 Å². The Morgan fingerprint density at radius 2 is 1.32 bits per heavy atom. The molecule has 118 valence electrons. The molecule has 0 spiro atoms. The average molecular weight is 419 g/mol. The summed E-state index contributed by atoms with van der Waals surface area (Å²) in [6, 6.07) is 0.657. The second kappa shape index (κ2) is 8.12. The number of hydrogen-bond acceptors (Lipinski definition) is 1. The van der Waals surface area contributed by atoms with Gasteiger partial charge in [0.1, 0.15) is 0 Å². The molecule has 1 aliphatic rings. The van der Waals surface area contributed by atoms with Gasteiger partial charge in [-0.25, -0.2) is 0 Å². The van der Waals surface area contributed by atoms with Gasteiger partial charge in [0, 0.05) is 11.7 Å². The van der Waals surface area contributed by atoms with Gasteiger partial charge in [0.25, 0.3) is 0 Å². The van der Waals surface area contributed by atoms with Crippen molar-refractivity contribution in [3.05, 3.63) is 12.2 Å². The molecule has 0 aromatic heterocycles. The summed E-state index contributed by atoms with van der Waals surface area (Å²) in [6.45, 7) is 14.4. The zero-order valence-corrected chi connectivity index (χ0v) is 17.2. The van der Waals surface area contributed by atoms with E-state index in [-0.39, 0.29) is 23.9 Å². The molecule has 0 aliphatic heterocycles. The van der Waals surface area contributed by atoms with Gasteiger partial charge in [-0.2, -0.15) is 0 Å². The third-order valence-electron chi connectivity index (χ3n) is 3.20. The van der Waals surface area contributed by atoms with Crippen molar-refractivity contribution >= 4 is 27.0 Å². The number of hydrogen-bond donors (Lipinski definition) is 0. The van der Waals surface area contributed by atoms with Gasteiger partial charge in [-0.3, -0.25) is 0 Å². The van der Waals surface area contributed by atoms with Crippen LogP contribution in [0.15, 0.2) is 12.2 Å². The molecule has 0 aromatic carbocycles. The third-order valence-corrected chi connectivity index (χ3v) is 7.16. The molecule has 0 saturated carbocycles. The molecule has 0 saturated heterocycles. The normalized spacial score (nSPS) is 23.4. The summed E-state index contributed by atoms with van der Waals surface area (Å²) in [5, 5.41) is 0.856. The average Bonchev–Trinajstić information content (AvgIpc) is 2.08. The van der Waals surface area contributed by atoms with Crippen LogP contribution in [0.4, 0.5) is 0 Å². The fourth-order valence-corrected chi connectivity index (χ4v) is 7.67. The van der Waals surface area contributed by atoms with Crippen LogP contribution in [0.1, 0.15) is 41.5 Å². The van der Waals surface area contributed by atoms with E-state index >= 15 is 0 Å². The Kier molecular flexibility index (Phi) is 8.71. The summed E-state index contributed by atoms with van der Waals surface area (Å²) in [4.78, 5) is 2.36. The van der Waals surface area contributed by atoms with Crippen molar-refractivity contribution in [1.82, 2.24) is 4.90 Å². The van der Waals surface area contributed by atoms with Crippen molar-refractivity contribution in [3.8, 4) is 0 Å². The van der Waals surface area contributed by atoms with E-state index in [1.807, 2.05) is 0 Å². The number of likely N-dealkylation sites (N-methyl/N-ethyl adjacent to an activating group) is 1. The Morgan fingerprint density at radius 1 is 0.947 bits per heavy atom. The van der Waals surface area contributed by atoms with E-state index in [9.17, 15) is 0 Å². The first-order chi connectivity index (χ1) is 8.46. The standard InChI is InChI=1S/C14H28NP.2ClH.Pd/c1-13(2,3)16(14(4,5)6)12-10-9-11(12)15(7)8;;;/h9-12H,1-8H3;2*1H;/q;;;+2/p-2. The molecular formula is C14H28Cl2NPPd. The zero-order chi connectivity index (χ0) is 15.4. The van der Waals surface area contributed by atoms with Gasteiger partial charge in [0.2, 0.25) is 0 Å². The molecule has 2 atom stereocenters. The summed E-state index contributed by atoms with van der Waals surface area (Å²) >= 11 is -0.106. The van der Waals surface area contributed by atoms with E-state index in [4.69, 9.17) is 19.1 Å². The zero-order valence-electron chi connectivity index (χ0n) is 13.3. The van der Waals surface area contributed by atoms with Crippen LogP contribution in [-0.2, 0) is 15.9 Å². The summed E-state index contributed by atoms with van der Waals surface area (Å²) in [6.07, 6.45) is 4.80. The van der Waals surface area contributed by atoms with Crippen molar-refractivity contribution in [2.45, 2.75) is 63.6 Å². The molecule has 2 unspecified atom stereocenters. The Morgan fingerprint density at radius 3 is 1.47 bits per heavy atom. The molecular weight excluding hydrogens is 390 g/mol. The second-order valence-electron chi connectivity index (χ2n) is 7.09. The van der Waals surface area contributed by atoms with Crippen molar-refractivity contribution in [3.63, 3.8) is 0 Å². The van der Waals surface area contributed by atoms with Crippen molar-refractivity contribution < 1.29 is 15.9 Å². The van der Waals surface area contributed by atoms with Crippen molar-refractivity contribution in [1.29, 1.82) is 0 Å². The van der Waals surface area contributed by atoms with Gasteiger partial charge in [0.05, 0.1) is 0 Å². The third kappa shape index (κ3) is 6.34. The van der Waals surface area contributed by atoms with Crippen molar-refractivity contribution in [2.75, 3.05) is 14.1 Å². The quantitative estimate of drug-likeness (QED) is 0.334. The monoisotopic (exact) mass is 417 g/mol. The van der Waals surface area contributed by atoms with Crippen molar-refractivity contribution in [2.24, 2.45) is 0 Å². The SMILES string of the molecule is CN(C)C1C=CC1P(C(C)(C)C)C(C)(C)C.[Cl][Pd][Cl]. The Balaban J connectivity index is 0.000000982. The minimum atomic E-state index is -0.106. The van der Waals surface area contributed by atoms with Crippen LogP contribution in [0.3, 0.4) is 0 Å². The molecule has 0 fully saturated rings. The van der Waals surface area contributed by atoms with Crippen LogP contribution in [0.25, 0.3) is 0 Å². The van der Waals surface area contributed by atoms with E-state index in [1.54, 1.807) is 0 Å². The van der Waals surface area contributed by atoms with Gasteiger partial charge in [0.15, 0.2) is 0 Å². The van der Waals surface area contributed by atoms with Crippen LogP contribution in [0.2, 0.25) is 0 Å². The predicted molar refractivity (Wildman–Crippen MR) is 88.5 cm³/mol. The molecule has 0 bridgehead atoms. The van der Waals surface area contributed by atoms with E-state index in [1.165, 1.54) is 0 Å². The Labute approximate surface area is 137 Å². The van der Waals surface area contributed by atoms with Gasteiger partial charge >= 0.3 is 35.0 Å². The Bertz CT molecular complexity index is 281. The molecule has 1 rings (SSSR count). The molecule has 0 heterocycles. The first-order valence-electron chi connectivity index (χ1n) is 6.43. The first kappa shape index (κ1) is 20.4. The summed E-state index contributed by atoms with van der Waals surface area (Å²) in [7, 11) is 14.0. The van der Waals surface area contributed by atoms with E-state index in [0.717, 1.165) is 5.66 Å². The maximum absolute atomic E-state index is 4.81. The van der Waals surface area contributed by atoms with E-state index in [0.29, 0.717) is 16.4 Å². The fourth-order valence-electron chi connectivity index (χ4n) is 2.93. The van der Waals surface area contributed by atoms with E-state index < -0.39 is 0 Å². The molecule has 0 aromatic rings. The number of nitrogens with zero attached hydrogens (tertiary/aromatic N) is 1. The number of halogens is 2. The molecule has 0 radical (unpaired) electrons. The predicted octanol–water partition coefficient (Wildman–Crippen LogP) is 5.31. The van der Waals surface area contributed by atoms with Crippen LogP contribution >= 0.6 is 27.0 Å². The van der Waals surface area contributed by atoms with Gasteiger partial charge in [-0.1, -0.05) is 61.6 Å². The molecule has 1 aliphatic carbocycles.